The van der Waals surface area contributed by atoms with Crippen molar-refractivity contribution in [2.75, 3.05) is 18.6 Å². The van der Waals surface area contributed by atoms with Crippen molar-refractivity contribution in [1.82, 2.24) is 5.32 Å². The van der Waals surface area contributed by atoms with E-state index >= 15 is 0 Å². The first-order valence-electron chi connectivity index (χ1n) is 6.95. The zero-order valence-corrected chi connectivity index (χ0v) is 15.0. The fourth-order valence-electron chi connectivity index (χ4n) is 1.73. The van der Waals surface area contributed by atoms with Gasteiger partial charge in [-0.25, -0.2) is 0 Å². The number of likely N-dealkylation sites (N-methyl/N-ethyl adjacent to an activating group) is 1. The number of halogens is 1. The monoisotopic (exact) mass is 342 g/mol. The predicted octanol–water partition coefficient (Wildman–Crippen LogP) is 3.54. The van der Waals surface area contributed by atoms with Gasteiger partial charge in [0.15, 0.2) is 0 Å². The standard InChI is InChI=1S/C16H27BrN2O/c1-15(2,3)18-10-12-7-8-14(13(17)9-12)19(6)16(4,5)11-20/h7-9,18,20H,10-11H2,1-6H3. The summed E-state index contributed by atoms with van der Waals surface area (Å²) in [7, 11) is 2.00. The van der Waals surface area contributed by atoms with E-state index in [2.05, 4.69) is 65.1 Å². The van der Waals surface area contributed by atoms with Crippen LogP contribution in [0.2, 0.25) is 0 Å². The van der Waals surface area contributed by atoms with Gasteiger partial charge in [-0.3, -0.25) is 0 Å². The van der Waals surface area contributed by atoms with Crippen molar-refractivity contribution in [2.24, 2.45) is 0 Å². The van der Waals surface area contributed by atoms with Gasteiger partial charge in [-0.2, -0.15) is 0 Å². The highest BCUT2D eigenvalue weighted by atomic mass is 79.9. The average molecular weight is 343 g/mol. The van der Waals surface area contributed by atoms with Crippen molar-refractivity contribution in [1.29, 1.82) is 0 Å². The molecule has 0 aliphatic heterocycles. The second-order valence-corrected chi connectivity index (χ2v) is 7.77. The number of nitrogens with one attached hydrogen (secondary N) is 1. The first-order chi connectivity index (χ1) is 9.07. The summed E-state index contributed by atoms with van der Waals surface area (Å²) in [6.07, 6.45) is 0. The normalized spacial score (nSPS) is 12.6. The van der Waals surface area contributed by atoms with Gasteiger partial charge in [0.2, 0.25) is 0 Å². The molecule has 3 nitrogen and oxygen atoms in total. The van der Waals surface area contributed by atoms with Crippen LogP contribution in [-0.4, -0.2) is 29.8 Å². The molecular weight excluding hydrogens is 316 g/mol. The van der Waals surface area contributed by atoms with Gasteiger partial charge in [-0.1, -0.05) is 6.07 Å². The van der Waals surface area contributed by atoms with Crippen LogP contribution < -0.4 is 10.2 Å². The van der Waals surface area contributed by atoms with Crippen molar-refractivity contribution in [3.05, 3.63) is 28.2 Å². The number of benzene rings is 1. The van der Waals surface area contributed by atoms with E-state index in [9.17, 15) is 5.11 Å². The third-order valence-electron chi connectivity index (χ3n) is 3.49. The quantitative estimate of drug-likeness (QED) is 0.858. The highest BCUT2D eigenvalue weighted by Gasteiger charge is 2.24. The molecule has 20 heavy (non-hydrogen) atoms. The Bertz CT molecular complexity index is 452. The predicted molar refractivity (Wildman–Crippen MR) is 90.3 cm³/mol. The smallest absolute Gasteiger partial charge is 0.0658 e. The molecule has 0 aliphatic carbocycles. The van der Waals surface area contributed by atoms with Crippen LogP contribution in [0.5, 0.6) is 0 Å². The van der Waals surface area contributed by atoms with E-state index in [0.717, 1.165) is 16.7 Å². The van der Waals surface area contributed by atoms with E-state index in [1.54, 1.807) is 0 Å². The summed E-state index contributed by atoms with van der Waals surface area (Å²) in [5.41, 5.74) is 2.16. The van der Waals surface area contributed by atoms with Gasteiger partial charge < -0.3 is 15.3 Å². The minimum atomic E-state index is -0.284. The topological polar surface area (TPSA) is 35.5 Å². The molecule has 0 aliphatic rings. The maximum absolute atomic E-state index is 9.48. The number of nitrogens with zero attached hydrogens (tertiary/aromatic N) is 1. The van der Waals surface area contributed by atoms with E-state index in [-0.39, 0.29) is 17.7 Å². The van der Waals surface area contributed by atoms with Crippen LogP contribution in [0.1, 0.15) is 40.2 Å². The van der Waals surface area contributed by atoms with Crippen LogP contribution in [0.15, 0.2) is 22.7 Å². The van der Waals surface area contributed by atoms with Crippen molar-refractivity contribution >= 4 is 21.6 Å². The average Bonchev–Trinajstić information content (AvgIpc) is 2.35. The Morgan fingerprint density at radius 3 is 2.25 bits per heavy atom. The summed E-state index contributed by atoms with van der Waals surface area (Å²) in [5, 5.41) is 13.0. The highest BCUT2D eigenvalue weighted by molar-refractivity contribution is 9.10. The van der Waals surface area contributed by atoms with E-state index in [4.69, 9.17) is 0 Å². The van der Waals surface area contributed by atoms with Crippen LogP contribution in [0.25, 0.3) is 0 Å². The SMILES string of the molecule is CN(c1ccc(CNC(C)(C)C)cc1Br)C(C)(C)CO. The molecule has 0 radical (unpaired) electrons. The molecule has 2 N–H and O–H groups in total. The molecule has 0 heterocycles. The zero-order valence-electron chi connectivity index (χ0n) is 13.4. The lowest BCUT2D eigenvalue weighted by atomic mass is 10.0. The van der Waals surface area contributed by atoms with Gasteiger partial charge in [-0.05, 0) is 68.2 Å². The zero-order chi connectivity index (χ0) is 15.6. The molecule has 0 saturated heterocycles. The van der Waals surface area contributed by atoms with Crippen molar-refractivity contribution in [3.8, 4) is 0 Å². The van der Waals surface area contributed by atoms with Gasteiger partial charge in [0, 0.05) is 23.6 Å². The van der Waals surface area contributed by atoms with Gasteiger partial charge in [-0.15, -0.1) is 0 Å². The molecule has 1 rings (SSSR count). The largest absolute Gasteiger partial charge is 0.394 e. The molecule has 1 aromatic carbocycles. The van der Waals surface area contributed by atoms with E-state index in [1.165, 1.54) is 5.56 Å². The summed E-state index contributed by atoms with van der Waals surface area (Å²) in [5.74, 6) is 0. The Kier molecular flexibility index (Phi) is 5.64. The number of anilines is 1. The highest BCUT2D eigenvalue weighted by Crippen LogP contribution is 2.31. The Hall–Kier alpha value is -0.580. The number of aliphatic hydroxyl groups is 1. The molecule has 0 spiro atoms. The van der Waals surface area contributed by atoms with Crippen LogP contribution in [-0.2, 0) is 6.54 Å². The van der Waals surface area contributed by atoms with Gasteiger partial charge in [0.25, 0.3) is 0 Å². The summed E-state index contributed by atoms with van der Waals surface area (Å²) >= 11 is 3.64. The minimum Gasteiger partial charge on any atom is -0.394 e. The fraction of sp³-hybridized carbons (Fsp3) is 0.625. The van der Waals surface area contributed by atoms with Crippen molar-refractivity contribution < 1.29 is 5.11 Å². The summed E-state index contributed by atoms with van der Waals surface area (Å²) in [6.45, 7) is 11.5. The first kappa shape index (κ1) is 17.5. The third kappa shape index (κ3) is 4.76. The number of aliphatic hydroxyl groups excluding tert-OH is 1. The molecule has 4 heteroatoms. The van der Waals surface area contributed by atoms with E-state index in [0.29, 0.717) is 0 Å². The Balaban J connectivity index is 2.89. The molecule has 0 atom stereocenters. The summed E-state index contributed by atoms with van der Waals surface area (Å²) in [4.78, 5) is 2.10. The molecular formula is C16H27BrN2O. The van der Waals surface area contributed by atoms with Crippen LogP contribution in [0, 0.1) is 0 Å². The van der Waals surface area contributed by atoms with E-state index in [1.807, 2.05) is 20.9 Å². The van der Waals surface area contributed by atoms with Crippen LogP contribution in [0.4, 0.5) is 5.69 Å². The molecule has 0 fully saturated rings. The number of hydrogen-bond acceptors (Lipinski definition) is 3. The lowest BCUT2D eigenvalue weighted by Gasteiger charge is -2.36. The molecule has 0 bridgehead atoms. The van der Waals surface area contributed by atoms with E-state index < -0.39 is 0 Å². The van der Waals surface area contributed by atoms with Crippen LogP contribution in [0.3, 0.4) is 0 Å². The first-order valence-corrected chi connectivity index (χ1v) is 7.74. The molecule has 1 aromatic rings. The Morgan fingerprint density at radius 1 is 1.20 bits per heavy atom. The molecule has 114 valence electrons. The molecule has 0 saturated carbocycles. The second-order valence-electron chi connectivity index (χ2n) is 6.92. The fourth-order valence-corrected chi connectivity index (χ4v) is 2.42. The lowest BCUT2D eigenvalue weighted by Crippen LogP contribution is -2.44. The second kappa shape index (κ2) is 6.46. The third-order valence-corrected chi connectivity index (χ3v) is 4.13. The number of hydrogen-bond donors (Lipinski definition) is 2. The number of rotatable bonds is 5. The molecule has 0 unspecified atom stereocenters. The maximum atomic E-state index is 9.48. The van der Waals surface area contributed by atoms with Crippen molar-refractivity contribution in [3.63, 3.8) is 0 Å². The lowest BCUT2D eigenvalue weighted by molar-refractivity contribution is 0.216. The molecule has 0 aromatic heterocycles. The summed E-state index contributed by atoms with van der Waals surface area (Å²) in [6, 6.07) is 6.36. The van der Waals surface area contributed by atoms with Gasteiger partial charge in [0.1, 0.15) is 0 Å². The summed E-state index contributed by atoms with van der Waals surface area (Å²) < 4.78 is 1.05. The Labute approximate surface area is 131 Å². The van der Waals surface area contributed by atoms with Crippen LogP contribution >= 0.6 is 15.9 Å². The maximum Gasteiger partial charge on any atom is 0.0658 e. The van der Waals surface area contributed by atoms with Gasteiger partial charge >= 0.3 is 0 Å². The Morgan fingerprint density at radius 2 is 1.80 bits per heavy atom. The van der Waals surface area contributed by atoms with Gasteiger partial charge in [0.05, 0.1) is 17.8 Å². The minimum absolute atomic E-state index is 0.112. The molecule has 0 amide bonds. The van der Waals surface area contributed by atoms with Crippen molar-refractivity contribution in [2.45, 2.75) is 52.2 Å².